The fourth-order valence-electron chi connectivity index (χ4n) is 3.03. The molecule has 1 aliphatic heterocycles. The Morgan fingerprint density at radius 3 is 2.55 bits per heavy atom. The van der Waals surface area contributed by atoms with E-state index in [1.54, 1.807) is 12.1 Å². The fraction of sp³-hybridized carbons (Fsp3) is 0.200. The number of imide groups is 1. The van der Waals surface area contributed by atoms with Crippen LogP contribution in [0.4, 0.5) is 9.18 Å². The number of thioether (sulfide) groups is 1. The van der Waals surface area contributed by atoms with Gasteiger partial charge in [-0.1, -0.05) is 42.1 Å². The monoisotopic (exact) mass is 411 g/mol. The summed E-state index contributed by atoms with van der Waals surface area (Å²) in [6, 6.07) is 15.5. The topological polar surface area (TPSA) is 80.1 Å². The van der Waals surface area contributed by atoms with Crippen molar-refractivity contribution in [3.63, 3.8) is 0 Å². The number of nitrogens with zero attached hydrogens (tertiary/aromatic N) is 4. The number of halogens is 1. The third-order valence-corrected chi connectivity index (χ3v) is 5.44. The van der Waals surface area contributed by atoms with Gasteiger partial charge in [-0.3, -0.25) is 14.3 Å². The molecule has 4 rings (SSSR count). The molecule has 0 bridgehead atoms. The van der Waals surface area contributed by atoms with Crippen molar-refractivity contribution < 1.29 is 14.0 Å². The van der Waals surface area contributed by atoms with Gasteiger partial charge in [-0.05, 0) is 29.8 Å². The number of benzene rings is 2. The molecule has 3 aromatic rings. The highest BCUT2D eigenvalue weighted by atomic mass is 32.2. The van der Waals surface area contributed by atoms with E-state index in [0.29, 0.717) is 30.6 Å². The first-order valence-corrected chi connectivity index (χ1v) is 10.0. The summed E-state index contributed by atoms with van der Waals surface area (Å²) in [7, 11) is 0. The Morgan fingerprint density at radius 2 is 1.86 bits per heavy atom. The molecule has 0 radical (unpaired) electrons. The van der Waals surface area contributed by atoms with E-state index in [0.717, 1.165) is 11.1 Å². The van der Waals surface area contributed by atoms with Crippen molar-refractivity contribution in [3.8, 4) is 11.4 Å². The summed E-state index contributed by atoms with van der Waals surface area (Å²) in [5, 5.41) is 11.7. The van der Waals surface area contributed by atoms with Gasteiger partial charge < -0.3 is 5.32 Å². The van der Waals surface area contributed by atoms with E-state index in [9.17, 15) is 14.0 Å². The van der Waals surface area contributed by atoms with Crippen LogP contribution in [0, 0.1) is 5.82 Å². The molecule has 1 N–H and O–H groups in total. The van der Waals surface area contributed by atoms with Crippen molar-refractivity contribution in [2.24, 2.45) is 0 Å². The standard InChI is InChI=1S/C20H18FN5O2S/c21-16-8-6-15(7-9-16)18-23-24-20(26(18)12-14-4-2-1-3-5-14)29-13-17(27)25-11-10-22-19(25)28/h1-9H,10-13H2,(H,22,28). The fourth-order valence-corrected chi connectivity index (χ4v) is 3.84. The molecule has 0 spiro atoms. The highest BCUT2D eigenvalue weighted by molar-refractivity contribution is 7.99. The molecule has 1 saturated heterocycles. The van der Waals surface area contributed by atoms with E-state index in [4.69, 9.17) is 0 Å². The number of carbonyl (C=O) groups is 2. The highest BCUT2D eigenvalue weighted by Crippen LogP contribution is 2.26. The van der Waals surface area contributed by atoms with Crippen molar-refractivity contribution in [2.75, 3.05) is 18.8 Å². The number of carbonyl (C=O) groups excluding carboxylic acids is 2. The average molecular weight is 411 g/mol. The lowest BCUT2D eigenvalue weighted by Crippen LogP contribution is -2.35. The summed E-state index contributed by atoms with van der Waals surface area (Å²) in [6.07, 6.45) is 0. The van der Waals surface area contributed by atoms with Gasteiger partial charge in [0.15, 0.2) is 11.0 Å². The molecular formula is C20H18FN5O2S. The van der Waals surface area contributed by atoms with Crippen LogP contribution in [0.15, 0.2) is 59.8 Å². The molecule has 3 amide bonds. The molecule has 1 aromatic heterocycles. The summed E-state index contributed by atoms with van der Waals surface area (Å²) in [5.41, 5.74) is 1.77. The molecule has 0 unspecified atom stereocenters. The number of nitrogens with one attached hydrogen (secondary N) is 1. The number of amides is 3. The molecule has 0 aliphatic carbocycles. The normalized spacial score (nSPS) is 13.6. The van der Waals surface area contributed by atoms with E-state index in [2.05, 4.69) is 15.5 Å². The van der Waals surface area contributed by atoms with Crippen molar-refractivity contribution in [1.82, 2.24) is 25.0 Å². The van der Waals surface area contributed by atoms with Crippen molar-refractivity contribution in [1.29, 1.82) is 0 Å². The van der Waals surface area contributed by atoms with Crippen molar-refractivity contribution in [2.45, 2.75) is 11.7 Å². The first kappa shape index (κ1) is 19.1. The maximum atomic E-state index is 13.3. The second kappa shape index (κ2) is 8.44. The van der Waals surface area contributed by atoms with E-state index >= 15 is 0 Å². The van der Waals surface area contributed by atoms with Crippen LogP contribution in [0.1, 0.15) is 5.56 Å². The van der Waals surface area contributed by atoms with E-state index in [1.165, 1.54) is 28.8 Å². The van der Waals surface area contributed by atoms with Crippen LogP contribution in [-0.2, 0) is 11.3 Å². The summed E-state index contributed by atoms with van der Waals surface area (Å²) in [5.74, 6) is 0.0568. The number of rotatable bonds is 6. The van der Waals surface area contributed by atoms with Crippen LogP contribution >= 0.6 is 11.8 Å². The summed E-state index contributed by atoms with van der Waals surface area (Å²) >= 11 is 1.23. The predicted octanol–water partition coefficient (Wildman–Crippen LogP) is 2.78. The first-order chi connectivity index (χ1) is 14.1. The van der Waals surface area contributed by atoms with Gasteiger partial charge in [0.2, 0.25) is 5.91 Å². The third-order valence-electron chi connectivity index (χ3n) is 4.49. The zero-order chi connectivity index (χ0) is 20.2. The Bertz CT molecular complexity index is 1020. The van der Waals surface area contributed by atoms with Crippen LogP contribution in [0.2, 0.25) is 0 Å². The Hall–Kier alpha value is -3.20. The van der Waals surface area contributed by atoms with Crippen LogP contribution in [-0.4, -0.2) is 50.4 Å². The van der Waals surface area contributed by atoms with Crippen LogP contribution in [0.3, 0.4) is 0 Å². The minimum atomic E-state index is -0.367. The molecule has 1 fully saturated rings. The zero-order valence-electron chi connectivity index (χ0n) is 15.4. The number of hydrogen-bond acceptors (Lipinski definition) is 5. The molecule has 2 aromatic carbocycles. The minimum Gasteiger partial charge on any atom is -0.336 e. The Kier molecular flexibility index (Phi) is 5.57. The molecule has 7 nitrogen and oxygen atoms in total. The highest BCUT2D eigenvalue weighted by Gasteiger charge is 2.26. The number of hydrogen-bond donors (Lipinski definition) is 1. The molecule has 1 aliphatic rings. The molecule has 0 atom stereocenters. The lowest BCUT2D eigenvalue weighted by atomic mass is 10.2. The Labute approximate surface area is 170 Å². The van der Waals surface area contributed by atoms with E-state index < -0.39 is 0 Å². The van der Waals surface area contributed by atoms with Crippen molar-refractivity contribution >= 4 is 23.7 Å². The Morgan fingerprint density at radius 1 is 1.10 bits per heavy atom. The third kappa shape index (κ3) is 4.29. The Balaban J connectivity index is 1.59. The van der Waals surface area contributed by atoms with Crippen molar-refractivity contribution in [3.05, 3.63) is 66.0 Å². The minimum absolute atomic E-state index is 0.0732. The van der Waals surface area contributed by atoms with Crippen LogP contribution in [0.25, 0.3) is 11.4 Å². The second-order valence-electron chi connectivity index (χ2n) is 6.45. The lowest BCUT2D eigenvalue weighted by Gasteiger charge is -2.13. The molecule has 2 heterocycles. The second-order valence-corrected chi connectivity index (χ2v) is 7.39. The smallest absolute Gasteiger partial charge is 0.324 e. The molecule has 9 heteroatoms. The lowest BCUT2D eigenvalue weighted by molar-refractivity contribution is -0.124. The van der Waals surface area contributed by atoms with Gasteiger partial charge >= 0.3 is 6.03 Å². The maximum absolute atomic E-state index is 13.3. The average Bonchev–Trinajstić information content (AvgIpc) is 3.34. The molecule has 148 valence electrons. The largest absolute Gasteiger partial charge is 0.336 e. The van der Waals surface area contributed by atoms with Crippen LogP contribution in [0.5, 0.6) is 0 Å². The van der Waals surface area contributed by atoms with Gasteiger partial charge in [-0.15, -0.1) is 10.2 Å². The van der Waals surface area contributed by atoms with Gasteiger partial charge in [0.1, 0.15) is 5.82 Å². The maximum Gasteiger partial charge on any atom is 0.324 e. The van der Waals surface area contributed by atoms with E-state index in [1.807, 2.05) is 34.9 Å². The first-order valence-electron chi connectivity index (χ1n) is 9.06. The van der Waals surface area contributed by atoms with Gasteiger partial charge in [-0.2, -0.15) is 0 Å². The van der Waals surface area contributed by atoms with Crippen LogP contribution < -0.4 is 5.32 Å². The summed E-state index contributed by atoms with van der Waals surface area (Å²) in [6.45, 7) is 1.34. The SMILES string of the molecule is O=C(CSc1nnc(-c2ccc(F)cc2)n1Cc1ccccc1)N1CCNC1=O. The van der Waals surface area contributed by atoms with Gasteiger partial charge in [0.05, 0.1) is 12.3 Å². The predicted molar refractivity (Wildman–Crippen MR) is 107 cm³/mol. The molecular weight excluding hydrogens is 393 g/mol. The van der Waals surface area contributed by atoms with Gasteiger partial charge in [-0.25, -0.2) is 9.18 Å². The molecule has 0 saturated carbocycles. The van der Waals surface area contributed by atoms with E-state index in [-0.39, 0.29) is 23.5 Å². The zero-order valence-corrected chi connectivity index (χ0v) is 16.2. The number of aromatic nitrogens is 3. The quantitative estimate of drug-likeness (QED) is 0.631. The molecule has 29 heavy (non-hydrogen) atoms. The number of urea groups is 1. The summed E-state index contributed by atoms with van der Waals surface area (Å²) < 4.78 is 15.2. The van der Waals surface area contributed by atoms with Gasteiger partial charge in [0.25, 0.3) is 0 Å². The van der Waals surface area contributed by atoms with Gasteiger partial charge in [0, 0.05) is 18.7 Å². The summed E-state index contributed by atoms with van der Waals surface area (Å²) in [4.78, 5) is 25.2.